The van der Waals surface area contributed by atoms with Gasteiger partial charge in [0.1, 0.15) is 11.3 Å². The fourth-order valence-electron chi connectivity index (χ4n) is 8.62. The molecule has 1 spiro atoms. The molecule has 0 atom stereocenters. The average Bonchev–Trinajstić information content (AvgIpc) is 3.84. The van der Waals surface area contributed by atoms with E-state index in [9.17, 15) is 18.0 Å². The molecule has 1 amide bonds. The number of H-pyrrole nitrogens is 1. The van der Waals surface area contributed by atoms with E-state index < -0.39 is 12.8 Å². The van der Waals surface area contributed by atoms with Crippen LogP contribution in [0.15, 0.2) is 37.1 Å². The van der Waals surface area contributed by atoms with Crippen molar-refractivity contribution in [1.82, 2.24) is 30.0 Å². The number of carbonyl (C=O) groups is 1. The van der Waals surface area contributed by atoms with E-state index >= 15 is 0 Å². The zero-order valence-electron chi connectivity index (χ0n) is 29.3. The average molecular weight is 717 g/mol. The number of aryl methyl sites for hydroxylation is 1. The van der Waals surface area contributed by atoms with Gasteiger partial charge in [-0.2, -0.15) is 23.3 Å². The van der Waals surface area contributed by atoms with Gasteiger partial charge in [0.2, 0.25) is 11.9 Å². The molecule has 274 valence electrons. The molecule has 2 aromatic carbocycles. The van der Waals surface area contributed by atoms with Crippen LogP contribution in [0.4, 0.5) is 24.9 Å². The number of halogens is 3. The van der Waals surface area contributed by atoms with Crippen LogP contribution < -0.4 is 14.5 Å². The molecular formula is C38H43F3N8O3. The van der Waals surface area contributed by atoms with Crippen molar-refractivity contribution < 1.29 is 27.4 Å². The van der Waals surface area contributed by atoms with Crippen molar-refractivity contribution in [2.75, 3.05) is 82.0 Å². The first kappa shape index (κ1) is 33.4. The predicted molar refractivity (Wildman–Crippen MR) is 192 cm³/mol. The number of ether oxygens (including phenoxy) is 2. The minimum Gasteiger partial charge on any atom is -0.481 e. The second-order valence-electron chi connectivity index (χ2n) is 15.3. The van der Waals surface area contributed by atoms with Crippen molar-refractivity contribution in [2.45, 2.75) is 50.7 Å². The Hall–Kier alpha value is -4.43. The van der Waals surface area contributed by atoms with Gasteiger partial charge in [0, 0.05) is 74.1 Å². The lowest BCUT2D eigenvalue weighted by atomic mass is 9.72. The molecule has 0 bridgehead atoms. The topological polar surface area (TPSA) is 103 Å². The Morgan fingerprint density at radius 3 is 2.44 bits per heavy atom. The number of piperidine rings is 1. The fraction of sp³-hybridized carbons (Fsp3) is 0.526. The van der Waals surface area contributed by atoms with Gasteiger partial charge in [-0.3, -0.25) is 14.8 Å². The number of fused-ring (bicyclic) bond motifs is 2. The summed E-state index contributed by atoms with van der Waals surface area (Å²) < 4.78 is 53.7. The second-order valence-corrected chi connectivity index (χ2v) is 15.3. The normalized spacial score (nSPS) is 21.1. The number of amides is 1. The third-order valence-electron chi connectivity index (χ3n) is 11.8. The molecule has 4 aromatic rings. The standard InChI is InChI=1S/C38H43F3N8O3/c1-3-30(50)49-20-37(21-49)8-10-47(11-9-37)35-27-16-26(24-5-6-24)32(31-23(2)4-7-29-28(31)17-42-45-29)34(52-22-38(39,40)41)33(27)43-36(44-35)48-14-12-46(13-15-48)25-18-51-19-25/h3-4,7,16-17,24-25H,1,5-6,8-15,18-22H2,2H3,(H,42,45). The van der Waals surface area contributed by atoms with Crippen LogP contribution in [0.2, 0.25) is 0 Å². The molecule has 1 saturated carbocycles. The Bertz CT molecular complexity index is 2030. The summed E-state index contributed by atoms with van der Waals surface area (Å²) in [5.41, 5.74) is 4.60. The van der Waals surface area contributed by atoms with Crippen LogP contribution in [0.25, 0.3) is 32.9 Å². The molecule has 5 fully saturated rings. The fourth-order valence-corrected chi connectivity index (χ4v) is 8.62. The number of alkyl halides is 3. The quantitative estimate of drug-likeness (QED) is 0.239. The predicted octanol–water partition coefficient (Wildman–Crippen LogP) is 5.44. The smallest absolute Gasteiger partial charge is 0.422 e. The first-order valence-corrected chi connectivity index (χ1v) is 18.3. The summed E-state index contributed by atoms with van der Waals surface area (Å²) in [7, 11) is 0. The van der Waals surface area contributed by atoms with Crippen molar-refractivity contribution in [3.63, 3.8) is 0 Å². The molecule has 52 heavy (non-hydrogen) atoms. The number of aromatic nitrogens is 4. The van der Waals surface area contributed by atoms with Crippen LogP contribution in [0.3, 0.4) is 0 Å². The second kappa shape index (κ2) is 12.6. The number of hydrogen-bond acceptors (Lipinski definition) is 9. The lowest BCUT2D eigenvalue weighted by Crippen LogP contribution is -2.61. The van der Waals surface area contributed by atoms with Gasteiger partial charge >= 0.3 is 6.18 Å². The van der Waals surface area contributed by atoms with E-state index in [1.807, 2.05) is 24.0 Å². The summed E-state index contributed by atoms with van der Waals surface area (Å²) in [6.45, 7) is 11.5. The van der Waals surface area contributed by atoms with Gasteiger partial charge < -0.3 is 24.2 Å². The van der Waals surface area contributed by atoms with Crippen LogP contribution in [0.5, 0.6) is 5.75 Å². The lowest BCUT2D eigenvalue weighted by Gasteiger charge is -2.54. The van der Waals surface area contributed by atoms with Gasteiger partial charge in [-0.1, -0.05) is 12.6 Å². The highest BCUT2D eigenvalue weighted by Crippen LogP contribution is 2.53. The number of hydrogen-bond donors (Lipinski definition) is 1. The third-order valence-corrected chi connectivity index (χ3v) is 11.8. The highest BCUT2D eigenvalue weighted by Gasteiger charge is 2.47. The van der Waals surface area contributed by atoms with Gasteiger partial charge in [0.05, 0.1) is 31.0 Å². The van der Waals surface area contributed by atoms with Crippen molar-refractivity contribution >= 4 is 39.5 Å². The zero-order valence-corrected chi connectivity index (χ0v) is 29.3. The summed E-state index contributed by atoms with van der Waals surface area (Å²) >= 11 is 0. The van der Waals surface area contributed by atoms with Gasteiger partial charge in [0.25, 0.3) is 0 Å². The van der Waals surface area contributed by atoms with E-state index in [1.165, 1.54) is 6.08 Å². The summed E-state index contributed by atoms with van der Waals surface area (Å²) in [5, 5.41) is 8.87. The van der Waals surface area contributed by atoms with E-state index in [-0.39, 0.29) is 23.0 Å². The molecule has 4 saturated heterocycles. The third kappa shape index (κ3) is 5.93. The van der Waals surface area contributed by atoms with Crippen LogP contribution in [-0.2, 0) is 9.53 Å². The molecule has 6 heterocycles. The molecule has 2 aromatic heterocycles. The number of piperazine rings is 1. The Morgan fingerprint density at radius 2 is 1.79 bits per heavy atom. The Balaban J connectivity index is 1.19. The summed E-state index contributed by atoms with van der Waals surface area (Å²) in [6.07, 6.45) is 2.19. The van der Waals surface area contributed by atoms with E-state index in [0.717, 1.165) is 85.4 Å². The van der Waals surface area contributed by atoms with Crippen LogP contribution in [0.1, 0.15) is 42.7 Å². The number of likely N-dealkylation sites (tertiary alicyclic amines) is 1. The van der Waals surface area contributed by atoms with Gasteiger partial charge in [-0.15, -0.1) is 0 Å². The number of nitrogens with one attached hydrogen (secondary N) is 1. The van der Waals surface area contributed by atoms with Crippen molar-refractivity contribution in [3.8, 4) is 16.9 Å². The van der Waals surface area contributed by atoms with E-state index in [4.69, 9.17) is 19.4 Å². The maximum atomic E-state index is 14.1. The molecule has 5 aliphatic rings. The Labute approximate surface area is 299 Å². The summed E-state index contributed by atoms with van der Waals surface area (Å²) in [6, 6.07) is 6.47. The number of nitrogens with zero attached hydrogens (tertiary/aromatic N) is 7. The number of carbonyl (C=O) groups excluding carboxylic acids is 1. The maximum Gasteiger partial charge on any atom is 0.422 e. The lowest BCUT2D eigenvalue weighted by molar-refractivity contribution is -0.153. The Kier molecular flexibility index (Phi) is 8.10. The first-order chi connectivity index (χ1) is 25.1. The first-order valence-electron chi connectivity index (χ1n) is 18.3. The summed E-state index contributed by atoms with van der Waals surface area (Å²) in [4.78, 5) is 31.3. The molecular weight excluding hydrogens is 673 g/mol. The number of rotatable bonds is 8. The molecule has 0 radical (unpaired) electrons. The number of aromatic amines is 1. The SMILES string of the molecule is C=CC(=O)N1CC2(CCN(c3nc(N4CCN(C5COC5)CC4)nc4c(OCC(F)(F)F)c(-c5c(C)ccc6[nH]ncc56)c(C5CC5)cc34)CC2)C1. The largest absolute Gasteiger partial charge is 0.481 e. The van der Waals surface area contributed by atoms with Crippen molar-refractivity contribution in [2.24, 2.45) is 5.41 Å². The number of anilines is 2. The van der Waals surface area contributed by atoms with Gasteiger partial charge in [-0.25, -0.2) is 4.98 Å². The van der Waals surface area contributed by atoms with E-state index in [2.05, 4.69) is 37.5 Å². The maximum absolute atomic E-state index is 14.1. The van der Waals surface area contributed by atoms with Crippen LogP contribution in [-0.4, -0.2) is 120 Å². The molecule has 9 rings (SSSR count). The van der Waals surface area contributed by atoms with E-state index in [0.29, 0.717) is 67.7 Å². The van der Waals surface area contributed by atoms with Crippen LogP contribution >= 0.6 is 0 Å². The zero-order chi connectivity index (χ0) is 35.8. The van der Waals surface area contributed by atoms with Gasteiger partial charge in [-0.05, 0) is 73.4 Å². The molecule has 4 aliphatic heterocycles. The molecule has 1 N–H and O–H groups in total. The molecule has 1 aliphatic carbocycles. The minimum absolute atomic E-state index is 0.0411. The van der Waals surface area contributed by atoms with Crippen LogP contribution in [0, 0.1) is 12.3 Å². The summed E-state index contributed by atoms with van der Waals surface area (Å²) in [5.74, 6) is 1.51. The molecule has 11 nitrogen and oxygen atoms in total. The minimum atomic E-state index is -4.55. The van der Waals surface area contributed by atoms with Crippen molar-refractivity contribution in [3.05, 3.63) is 48.2 Å². The number of benzene rings is 2. The van der Waals surface area contributed by atoms with Crippen molar-refractivity contribution in [1.29, 1.82) is 0 Å². The highest BCUT2D eigenvalue weighted by atomic mass is 19.4. The van der Waals surface area contributed by atoms with Gasteiger partial charge in [0.15, 0.2) is 12.4 Å². The monoisotopic (exact) mass is 716 g/mol. The highest BCUT2D eigenvalue weighted by molar-refractivity contribution is 6.06. The Morgan fingerprint density at radius 1 is 1.04 bits per heavy atom. The van der Waals surface area contributed by atoms with E-state index in [1.54, 1.807) is 6.20 Å². The molecule has 14 heteroatoms. The molecule has 0 unspecified atom stereocenters.